The molecule has 0 spiro atoms. The van der Waals surface area contributed by atoms with Gasteiger partial charge in [-0.2, -0.15) is 0 Å². The van der Waals surface area contributed by atoms with Gasteiger partial charge in [0.05, 0.1) is 5.25 Å². The number of amides is 1. The van der Waals surface area contributed by atoms with Crippen LogP contribution in [0.3, 0.4) is 0 Å². The number of nitrogens with zero attached hydrogens (tertiary/aromatic N) is 1. The van der Waals surface area contributed by atoms with Crippen molar-refractivity contribution in [2.75, 3.05) is 12.3 Å². The van der Waals surface area contributed by atoms with E-state index >= 15 is 0 Å². The summed E-state index contributed by atoms with van der Waals surface area (Å²) in [6.07, 6.45) is 0.922. The largest absolute Gasteiger partial charge is 0.431 e. The summed E-state index contributed by atoms with van der Waals surface area (Å²) in [5, 5.41) is 3.09. The van der Waals surface area contributed by atoms with Crippen molar-refractivity contribution in [2.45, 2.75) is 30.7 Å². The van der Waals surface area contributed by atoms with E-state index in [9.17, 15) is 4.79 Å². The Labute approximate surface area is 115 Å². The molecule has 1 aromatic heterocycles. The van der Waals surface area contributed by atoms with Gasteiger partial charge in [-0.15, -0.1) is 0 Å². The highest BCUT2D eigenvalue weighted by molar-refractivity contribution is 8.00. The second-order valence-electron chi connectivity index (χ2n) is 4.26. The highest BCUT2D eigenvalue weighted by Crippen LogP contribution is 2.27. The van der Waals surface area contributed by atoms with Crippen molar-refractivity contribution < 1.29 is 9.21 Å². The second kappa shape index (κ2) is 5.97. The van der Waals surface area contributed by atoms with E-state index < -0.39 is 0 Å². The number of nitrogens with one attached hydrogen (secondary N) is 1. The Hall–Kier alpha value is -1.69. The summed E-state index contributed by atoms with van der Waals surface area (Å²) in [4.78, 5) is 16.1. The smallest absolute Gasteiger partial charge is 0.257 e. The zero-order valence-electron chi connectivity index (χ0n) is 11.0. The molecule has 5 nitrogen and oxygen atoms in total. The minimum atomic E-state index is -0.239. The summed E-state index contributed by atoms with van der Waals surface area (Å²) in [5.41, 5.74) is 7.70. The first-order valence-electron chi connectivity index (χ1n) is 6.20. The molecular formula is C13H17N3O2S. The van der Waals surface area contributed by atoms with Gasteiger partial charge in [-0.05, 0) is 25.5 Å². The zero-order chi connectivity index (χ0) is 13.8. The fraction of sp³-hybridized carbons (Fsp3) is 0.385. The average Bonchev–Trinajstić information content (AvgIpc) is 2.77. The number of anilines is 1. The molecule has 19 heavy (non-hydrogen) atoms. The van der Waals surface area contributed by atoms with Gasteiger partial charge in [-0.1, -0.05) is 18.7 Å². The molecule has 1 aromatic carbocycles. The maximum Gasteiger partial charge on any atom is 0.257 e. The van der Waals surface area contributed by atoms with Crippen molar-refractivity contribution in [3.05, 3.63) is 18.2 Å². The monoisotopic (exact) mass is 279 g/mol. The first-order chi connectivity index (χ1) is 9.10. The van der Waals surface area contributed by atoms with Crippen LogP contribution in [0.2, 0.25) is 0 Å². The van der Waals surface area contributed by atoms with Crippen molar-refractivity contribution in [3.63, 3.8) is 0 Å². The number of carbonyl (C=O) groups excluding carboxylic acids is 1. The van der Waals surface area contributed by atoms with Crippen LogP contribution in [0.15, 0.2) is 27.8 Å². The Bertz CT molecular complexity index is 582. The minimum Gasteiger partial charge on any atom is -0.431 e. The number of hydrogen-bond donors (Lipinski definition) is 2. The van der Waals surface area contributed by atoms with Crippen LogP contribution < -0.4 is 11.1 Å². The summed E-state index contributed by atoms with van der Waals surface area (Å²) >= 11 is 1.30. The molecule has 3 N–H and O–H groups in total. The van der Waals surface area contributed by atoms with Crippen molar-refractivity contribution in [2.24, 2.45) is 0 Å². The van der Waals surface area contributed by atoms with Crippen LogP contribution in [0, 0.1) is 0 Å². The Morgan fingerprint density at radius 3 is 3.11 bits per heavy atom. The average molecular weight is 279 g/mol. The molecule has 0 fully saturated rings. The first-order valence-corrected chi connectivity index (χ1v) is 7.08. The van der Waals surface area contributed by atoms with Crippen LogP contribution in [0.4, 0.5) is 5.69 Å². The molecule has 2 aromatic rings. The predicted octanol–water partition coefficient (Wildman–Crippen LogP) is 2.42. The first kappa shape index (κ1) is 13.7. The van der Waals surface area contributed by atoms with Gasteiger partial charge in [0.25, 0.3) is 5.22 Å². The van der Waals surface area contributed by atoms with E-state index in [1.54, 1.807) is 18.2 Å². The molecule has 1 heterocycles. The molecule has 0 saturated heterocycles. The minimum absolute atomic E-state index is 0.00591. The Kier molecular flexibility index (Phi) is 4.31. The van der Waals surface area contributed by atoms with Gasteiger partial charge >= 0.3 is 0 Å². The predicted molar refractivity (Wildman–Crippen MR) is 77.0 cm³/mol. The van der Waals surface area contributed by atoms with Gasteiger partial charge in [-0.3, -0.25) is 4.79 Å². The van der Waals surface area contributed by atoms with E-state index in [2.05, 4.69) is 10.3 Å². The number of carbonyl (C=O) groups is 1. The Morgan fingerprint density at radius 1 is 1.58 bits per heavy atom. The van der Waals surface area contributed by atoms with E-state index in [4.69, 9.17) is 10.2 Å². The molecule has 102 valence electrons. The lowest BCUT2D eigenvalue weighted by Crippen LogP contribution is -2.31. The molecule has 0 saturated carbocycles. The zero-order valence-corrected chi connectivity index (χ0v) is 11.8. The molecule has 0 aliphatic carbocycles. The molecule has 0 radical (unpaired) electrons. The SMILES string of the molecule is CCCNC(=O)C(C)Sc1nc2ccc(N)cc2o1. The third kappa shape index (κ3) is 3.41. The molecule has 0 bridgehead atoms. The van der Waals surface area contributed by atoms with Crippen LogP contribution in [-0.4, -0.2) is 22.7 Å². The van der Waals surface area contributed by atoms with Crippen LogP contribution in [0.1, 0.15) is 20.3 Å². The number of oxazole rings is 1. The number of thioether (sulfide) groups is 1. The Morgan fingerprint density at radius 2 is 2.37 bits per heavy atom. The highest BCUT2D eigenvalue weighted by Gasteiger charge is 2.17. The maximum atomic E-state index is 11.8. The summed E-state index contributed by atoms with van der Waals surface area (Å²) in [5.74, 6) is -0.00591. The molecule has 2 rings (SSSR count). The number of benzene rings is 1. The van der Waals surface area contributed by atoms with Gasteiger partial charge in [0.1, 0.15) is 5.52 Å². The van der Waals surface area contributed by atoms with Gasteiger partial charge < -0.3 is 15.5 Å². The van der Waals surface area contributed by atoms with Crippen molar-refractivity contribution in [1.82, 2.24) is 10.3 Å². The molecule has 0 aliphatic rings. The molecule has 1 amide bonds. The van der Waals surface area contributed by atoms with Gasteiger partial charge in [0, 0.05) is 18.3 Å². The lowest BCUT2D eigenvalue weighted by atomic mass is 10.3. The van der Waals surface area contributed by atoms with Gasteiger partial charge in [0.15, 0.2) is 5.58 Å². The lowest BCUT2D eigenvalue weighted by Gasteiger charge is -2.08. The van der Waals surface area contributed by atoms with Crippen LogP contribution in [0.5, 0.6) is 0 Å². The summed E-state index contributed by atoms with van der Waals surface area (Å²) in [6, 6.07) is 5.31. The number of hydrogen-bond acceptors (Lipinski definition) is 5. The van der Waals surface area contributed by atoms with E-state index in [0.29, 0.717) is 23.0 Å². The van der Waals surface area contributed by atoms with E-state index in [1.807, 2.05) is 13.8 Å². The third-order valence-corrected chi connectivity index (χ3v) is 3.53. The molecule has 1 atom stereocenters. The second-order valence-corrected chi connectivity index (χ2v) is 5.55. The fourth-order valence-electron chi connectivity index (χ4n) is 1.57. The molecule has 6 heteroatoms. The molecule has 0 aliphatic heterocycles. The third-order valence-electron chi connectivity index (χ3n) is 2.59. The topological polar surface area (TPSA) is 81.2 Å². The normalized spacial score (nSPS) is 12.5. The van der Waals surface area contributed by atoms with Crippen molar-refractivity contribution >= 4 is 34.5 Å². The van der Waals surface area contributed by atoms with E-state index in [1.165, 1.54) is 11.8 Å². The number of fused-ring (bicyclic) bond motifs is 1. The maximum absolute atomic E-state index is 11.8. The fourth-order valence-corrected chi connectivity index (χ4v) is 2.35. The summed E-state index contributed by atoms with van der Waals surface area (Å²) < 4.78 is 5.57. The van der Waals surface area contributed by atoms with Crippen molar-refractivity contribution in [1.29, 1.82) is 0 Å². The summed E-state index contributed by atoms with van der Waals surface area (Å²) in [7, 11) is 0. The van der Waals surface area contributed by atoms with Crippen LogP contribution >= 0.6 is 11.8 Å². The van der Waals surface area contributed by atoms with Gasteiger partial charge in [-0.25, -0.2) is 4.98 Å². The summed E-state index contributed by atoms with van der Waals surface area (Å²) in [6.45, 7) is 4.54. The number of nitrogens with two attached hydrogens (primary N) is 1. The van der Waals surface area contributed by atoms with Crippen LogP contribution in [-0.2, 0) is 4.79 Å². The molecular weight excluding hydrogens is 262 g/mol. The van der Waals surface area contributed by atoms with E-state index in [-0.39, 0.29) is 11.2 Å². The highest BCUT2D eigenvalue weighted by atomic mass is 32.2. The number of rotatable bonds is 5. The van der Waals surface area contributed by atoms with Crippen LogP contribution in [0.25, 0.3) is 11.1 Å². The van der Waals surface area contributed by atoms with Crippen molar-refractivity contribution in [3.8, 4) is 0 Å². The van der Waals surface area contributed by atoms with E-state index in [0.717, 1.165) is 11.9 Å². The number of nitrogen functional groups attached to an aromatic ring is 1. The quantitative estimate of drug-likeness (QED) is 0.649. The van der Waals surface area contributed by atoms with Gasteiger partial charge in [0.2, 0.25) is 5.91 Å². The Balaban J connectivity index is 2.06. The standard InChI is InChI=1S/C13H17N3O2S/c1-3-6-15-12(17)8(2)19-13-16-10-5-4-9(14)7-11(10)18-13/h4-5,7-8H,3,6,14H2,1-2H3,(H,15,17). The lowest BCUT2D eigenvalue weighted by molar-refractivity contribution is -0.120. The molecule has 1 unspecified atom stereocenters. The number of aromatic nitrogens is 1.